The van der Waals surface area contributed by atoms with Gasteiger partial charge in [0.25, 0.3) is 0 Å². The molecule has 0 fully saturated rings. The summed E-state index contributed by atoms with van der Waals surface area (Å²) >= 11 is 0. The summed E-state index contributed by atoms with van der Waals surface area (Å²) in [5.74, 6) is 0. The largest absolute Gasteiger partial charge is 0.465 e. The lowest BCUT2D eigenvalue weighted by Crippen LogP contribution is -2.31. The van der Waals surface area contributed by atoms with Crippen molar-refractivity contribution in [1.82, 2.24) is 4.90 Å². The smallest absolute Gasteiger partial charge is 0.407 e. The van der Waals surface area contributed by atoms with Crippen LogP contribution in [-0.4, -0.2) is 44.7 Å². The monoisotopic (exact) mass is 348 g/mol. The highest BCUT2D eigenvalue weighted by atomic mass is 32.3. The lowest BCUT2D eigenvalue weighted by Gasteiger charge is -2.46. The van der Waals surface area contributed by atoms with Crippen molar-refractivity contribution in [3.05, 3.63) is 23.3 Å². The van der Waals surface area contributed by atoms with E-state index in [1.807, 2.05) is 0 Å². The molecule has 4 nitrogen and oxygen atoms in total. The van der Waals surface area contributed by atoms with E-state index in [2.05, 4.69) is 46.8 Å². The molecule has 1 aromatic carbocycles. The average molecular weight is 349 g/mol. The average Bonchev–Trinajstić information content (AvgIpc) is 2.66. The van der Waals surface area contributed by atoms with Crippen molar-refractivity contribution < 1.29 is 9.90 Å². The van der Waals surface area contributed by atoms with Crippen LogP contribution in [0.15, 0.2) is 22.0 Å². The quantitative estimate of drug-likeness (QED) is 0.834. The molecule has 0 radical (unpaired) electrons. The molecule has 0 aromatic heterocycles. The molecular formula is C19H28N2O2S. The van der Waals surface area contributed by atoms with E-state index in [4.69, 9.17) is 4.99 Å². The van der Waals surface area contributed by atoms with E-state index >= 15 is 0 Å². The third kappa shape index (κ3) is 2.36. The molecule has 3 rings (SSSR count). The van der Waals surface area contributed by atoms with Gasteiger partial charge in [-0.05, 0) is 47.5 Å². The van der Waals surface area contributed by atoms with Crippen LogP contribution in [0.5, 0.6) is 0 Å². The number of fused-ring (bicyclic) bond motifs is 3. The zero-order valence-corrected chi connectivity index (χ0v) is 16.1. The molecule has 1 amide bonds. The van der Waals surface area contributed by atoms with Crippen molar-refractivity contribution in [1.29, 1.82) is 0 Å². The van der Waals surface area contributed by atoms with Crippen LogP contribution in [0.3, 0.4) is 0 Å². The molecule has 0 spiro atoms. The Morgan fingerprint density at radius 3 is 2.38 bits per heavy atom. The predicted octanol–water partition coefficient (Wildman–Crippen LogP) is 4.81. The van der Waals surface area contributed by atoms with Crippen LogP contribution in [0.4, 0.5) is 10.5 Å². The first kappa shape index (κ1) is 17.3. The zero-order valence-electron chi connectivity index (χ0n) is 15.3. The Morgan fingerprint density at radius 1 is 1.17 bits per heavy atom. The van der Waals surface area contributed by atoms with Gasteiger partial charge in [0.2, 0.25) is 0 Å². The van der Waals surface area contributed by atoms with Gasteiger partial charge in [0.05, 0.1) is 10.7 Å². The first-order chi connectivity index (χ1) is 11.3. The van der Waals surface area contributed by atoms with Crippen LogP contribution in [0.25, 0.3) is 0 Å². The molecule has 0 saturated carbocycles. The van der Waals surface area contributed by atoms with E-state index in [1.54, 1.807) is 4.90 Å². The van der Waals surface area contributed by atoms with Crippen LogP contribution in [-0.2, 0) is 12.8 Å². The predicted molar refractivity (Wildman–Crippen MR) is 102 cm³/mol. The SMILES string of the molecule is CC1=Nc2ccc3c(c2S1(C(C)C)C(C)C)CCN(C(=O)O)CC3. The van der Waals surface area contributed by atoms with Crippen LogP contribution in [0.1, 0.15) is 45.7 Å². The molecule has 1 aromatic rings. The number of hydrogen-bond donors (Lipinski definition) is 1. The highest BCUT2D eigenvalue weighted by Crippen LogP contribution is 2.71. The Hall–Kier alpha value is -1.49. The van der Waals surface area contributed by atoms with Crippen LogP contribution in [0, 0.1) is 0 Å². The molecule has 2 aliphatic rings. The minimum absolute atomic E-state index is 0.535. The van der Waals surface area contributed by atoms with Crippen molar-refractivity contribution in [3.8, 4) is 0 Å². The molecule has 0 saturated heterocycles. The minimum atomic E-state index is -1.14. The third-order valence-electron chi connectivity index (χ3n) is 5.48. The second-order valence-electron chi connectivity index (χ2n) is 7.26. The number of carbonyl (C=O) groups is 1. The van der Waals surface area contributed by atoms with E-state index in [1.165, 1.54) is 21.1 Å². The molecule has 5 heteroatoms. The fourth-order valence-corrected chi connectivity index (χ4v) is 9.57. The number of rotatable bonds is 2. The molecule has 24 heavy (non-hydrogen) atoms. The van der Waals surface area contributed by atoms with Crippen molar-refractivity contribution in [2.24, 2.45) is 4.99 Å². The minimum Gasteiger partial charge on any atom is -0.465 e. The highest BCUT2D eigenvalue weighted by molar-refractivity contribution is 8.46. The molecular weight excluding hydrogens is 320 g/mol. The summed E-state index contributed by atoms with van der Waals surface area (Å²) in [6.07, 6.45) is 0.805. The molecule has 2 heterocycles. The zero-order chi connectivity index (χ0) is 17.6. The fraction of sp³-hybridized carbons (Fsp3) is 0.579. The number of benzene rings is 1. The van der Waals surface area contributed by atoms with Gasteiger partial charge in [-0.2, -0.15) is 10.0 Å². The van der Waals surface area contributed by atoms with Gasteiger partial charge in [0, 0.05) is 18.0 Å². The summed E-state index contributed by atoms with van der Waals surface area (Å²) in [6, 6.07) is 4.33. The standard InChI is InChI=1S/C19H28N2O2S/c1-12(2)24(13(3)4)14(5)20-17-7-6-15-8-10-21(19(22)23)11-9-16(15)18(17)24/h6-7,12-13H,8-11H2,1-5H3,(H,22,23). The van der Waals surface area contributed by atoms with Gasteiger partial charge >= 0.3 is 6.09 Å². The summed E-state index contributed by atoms with van der Waals surface area (Å²) < 4.78 is 0. The van der Waals surface area contributed by atoms with E-state index < -0.39 is 16.1 Å². The lowest BCUT2D eigenvalue weighted by atomic mass is 10.0. The maximum Gasteiger partial charge on any atom is 0.407 e. The van der Waals surface area contributed by atoms with E-state index in [0.29, 0.717) is 23.6 Å². The normalized spacial score (nSPS) is 20.5. The van der Waals surface area contributed by atoms with Crippen LogP contribution < -0.4 is 0 Å². The van der Waals surface area contributed by atoms with Crippen LogP contribution >= 0.6 is 10.0 Å². The summed E-state index contributed by atoms with van der Waals surface area (Å²) in [5, 5.41) is 11.7. The Kier molecular flexibility index (Phi) is 4.41. The molecule has 0 unspecified atom stereocenters. The molecule has 0 atom stereocenters. The molecule has 0 aliphatic carbocycles. The maximum absolute atomic E-state index is 11.4. The summed E-state index contributed by atoms with van der Waals surface area (Å²) in [5.41, 5.74) is 3.84. The molecule has 1 N–H and O–H groups in total. The number of nitrogens with zero attached hydrogens (tertiary/aromatic N) is 2. The molecule has 132 valence electrons. The summed E-state index contributed by atoms with van der Waals surface area (Å²) in [6.45, 7) is 12.7. The van der Waals surface area contributed by atoms with E-state index in [-0.39, 0.29) is 0 Å². The third-order valence-corrected chi connectivity index (χ3v) is 10.7. The second kappa shape index (κ2) is 6.10. The van der Waals surface area contributed by atoms with Gasteiger partial charge in [-0.3, -0.25) is 0 Å². The van der Waals surface area contributed by atoms with Gasteiger partial charge in [-0.25, -0.2) is 9.79 Å². The number of amides is 1. The number of aliphatic imine (C=N–C) groups is 1. The summed E-state index contributed by atoms with van der Waals surface area (Å²) in [4.78, 5) is 19.4. The van der Waals surface area contributed by atoms with Crippen molar-refractivity contribution in [2.45, 2.75) is 62.9 Å². The fourth-order valence-electron chi connectivity index (χ4n) is 4.53. The first-order valence-corrected chi connectivity index (χ1v) is 10.5. The Morgan fingerprint density at radius 2 is 1.79 bits per heavy atom. The van der Waals surface area contributed by atoms with Gasteiger partial charge in [-0.15, -0.1) is 0 Å². The van der Waals surface area contributed by atoms with Crippen molar-refractivity contribution in [3.63, 3.8) is 0 Å². The van der Waals surface area contributed by atoms with E-state index in [9.17, 15) is 9.90 Å². The van der Waals surface area contributed by atoms with Gasteiger partial charge in [0.15, 0.2) is 0 Å². The Balaban J connectivity index is 2.17. The molecule has 2 aliphatic heterocycles. The Labute approximate surface area is 146 Å². The lowest BCUT2D eigenvalue weighted by molar-refractivity contribution is 0.147. The Bertz CT molecular complexity index is 702. The topological polar surface area (TPSA) is 52.9 Å². The van der Waals surface area contributed by atoms with E-state index in [0.717, 1.165) is 18.5 Å². The molecule has 0 bridgehead atoms. The number of hydrogen-bond acceptors (Lipinski definition) is 2. The van der Waals surface area contributed by atoms with Crippen molar-refractivity contribution >= 4 is 26.9 Å². The second-order valence-corrected chi connectivity index (χ2v) is 11.6. The first-order valence-electron chi connectivity index (χ1n) is 8.79. The van der Waals surface area contributed by atoms with Gasteiger partial charge < -0.3 is 10.0 Å². The number of carboxylic acid groups (broad SMARTS) is 1. The van der Waals surface area contributed by atoms with Gasteiger partial charge in [-0.1, -0.05) is 33.8 Å². The summed E-state index contributed by atoms with van der Waals surface area (Å²) in [7, 11) is -1.14. The maximum atomic E-state index is 11.4. The van der Waals surface area contributed by atoms with Crippen molar-refractivity contribution in [2.75, 3.05) is 13.1 Å². The highest BCUT2D eigenvalue weighted by Gasteiger charge is 2.43. The van der Waals surface area contributed by atoms with Gasteiger partial charge in [0.1, 0.15) is 0 Å². The van der Waals surface area contributed by atoms with Crippen LogP contribution in [0.2, 0.25) is 0 Å².